The topological polar surface area (TPSA) is 36.8 Å². The van der Waals surface area contributed by atoms with Crippen LogP contribution in [0.2, 0.25) is 5.02 Å². The van der Waals surface area contributed by atoms with E-state index in [-0.39, 0.29) is 11.9 Å². The van der Waals surface area contributed by atoms with Gasteiger partial charge >= 0.3 is 0 Å². The van der Waals surface area contributed by atoms with Crippen molar-refractivity contribution in [2.45, 2.75) is 18.9 Å². The van der Waals surface area contributed by atoms with Crippen LogP contribution in [0.25, 0.3) is 5.52 Å². The second-order valence-corrected chi connectivity index (χ2v) is 6.60. The standard InChI is InChI=1S/C16H18ClN3O/c17-14-3-6-20-5-2-12(8-15(14)20)16(21)18-13-7-11-1-4-19(9-11)10-13/h2-3,5-6,8,11,13H,1,4,7,9-10H2,(H,18,21)/t11-,13-/m1/s1. The average Bonchev–Trinajstić information content (AvgIpc) is 3.02. The summed E-state index contributed by atoms with van der Waals surface area (Å²) in [5.41, 5.74) is 1.55. The first kappa shape index (κ1) is 13.2. The van der Waals surface area contributed by atoms with Crippen LogP contribution in [-0.4, -0.2) is 40.9 Å². The van der Waals surface area contributed by atoms with E-state index < -0.39 is 0 Å². The number of halogens is 1. The molecule has 0 aliphatic carbocycles. The summed E-state index contributed by atoms with van der Waals surface area (Å²) < 4.78 is 1.92. The van der Waals surface area contributed by atoms with Crippen molar-refractivity contribution in [1.29, 1.82) is 0 Å². The number of nitrogens with one attached hydrogen (secondary N) is 1. The molecule has 0 radical (unpaired) electrons. The second-order valence-electron chi connectivity index (χ2n) is 6.19. The first-order valence-corrected chi connectivity index (χ1v) is 7.86. The van der Waals surface area contributed by atoms with Crippen LogP contribution in [0.15, 0.2) is 30.6 Å². The number of carbonyl (C=O) groups is 1. The molecular weight excluding hydrogens is 286 g/mol. The first-order chi connectivity index (χ1) is 10.2. The summed E-state index contributed by atoms with van der Waals surface area (Å²) in [7, 11) is 0. The third-order valence-corrected chi connectivity index (χ3v) is 4.99. The maximum atomic E-state index is 12.4. The predicted molar refractivity (Wildman–Crippen MR) is 82.8 cm³/mol. The Balaban J connectivity index is 1.52. The van der Waals surface area contributed by atoms with Crippen molar-refractivity contribution < 1.29 is 4.79 Å². The van der Waals surface area contributed by atoms with Crippen molar-refractivity contribution in [2.24, 2.45) is 5.92 Å². The Morgan fingerprint density at radius 1 is 1.29 bits per heavy atom. The van der Waals surface area contributed by atoms with Gasteiger partial charge in [0.1, 0.15) is 0 Å². The Labute approximate surface area is 128 Å². The summed E-state index contributed by atoms with van der Waals surface area (Å²) >= 11 is 6.13. The lowest BCUT2D eigenvalue weighted by Crippen LogP contribution is -2.47. The van der Waals surface area contributed by atoms with Gasteiger partial charge in [-0.15, -0.1) is 0 Å². The Morgan fingerprint density at radius 3 is 3.00 bits per heavy atom. The third-order valence-electron chi connectivity index (χ3n) is 4.68. The summed E-state index contributed by atoms with van der Waals surface area (Å²) in [5.74, 6) is 0.758. The lowest BCUT2D eigenvalue weighted by Gasteiger charge is -2.30. The minimum Gasteiger partial charge on any atom is -0.348 e. The molecule has 2 fully saturated rings. The number of fused-ring (bicyclic) bond motifs is 3. The van der Waals surface area contributed by atoms with Crippen LogP contribution in [0.5, 0.6) is 0 Å². The summed E-state index contributed by atoms with van der Waals surface area (Å²) in [4.78, 5) is 14.9. The normalized spacial score (nSPS) is 28.0. The van der Waals surface area contributed by atoms with Gasteiger partial charge in [-0.05, 0) is 43.5 Å². The fourth-order valence-corrected chi connectivity index (χ4v) is 3.85. The molecule has 21 heavy (non-hydrogen) atoms. The lowest BCUT2D eigenvalue weighted by molar-refractivity contribution is 0.0909. The highest BCUT2D eigenvalue weighted by Gasteiger charge is 2.32. The molecule has 2 aliphatic rings. The van der Waals surface area contributed by atoms with E-state index in [4.69, 9.17) is 11.6 Å². The summed E-state index contributed by atoms with van der Waals surface area (Å²) in [5, 5.41) is 3.85. The van der Waals surface area contributed by atoms with E-state index in [9.17, 15) is 4.79 Å². The molecule has 1 N–H and O–H groups in total. The smallest absolute Gasteiger partial charge is 0.251 e. The molecule has 1 amide bonds. The fraction of sp³-hybridized carbons (Fsp3) is 0.438. The zero-order valence-electron chi connectivity index (χ0n) is 11.8. The van der Waals surface area contributed by atoms with Gasteiger partial charge in [0.05, 0.1) is 10.5 Å². The highest BCUT2D eigenvalue weighted by molar-refractivity contribution is 6.34. The zero-order valence-corrected chi connectivity index (χ0v) is 12.5. The number of rotatable bonds is 2. The molecule has 3 atom stereocenters. The number of carbonyl (C=O) groups excluding carboxylic acids is 1. The maximum Gasteiger partial charge on any atom is 0.251 e. The number of hydrogen-bond acceptors (Lipinski definition) is 2. The van der Waals surface area contributed by atoms with Crippen molar-refractivity contribution in [2.75, 3.05) is 19.6 Å². The molecule has 5 heteroatoms. The van der Waals surface area contributed by atoms with Crippen LogP contribution in [0.3, 0.4) is 0 Å². The van der Waals surface area contributed by atoms with E-state index in [1.165, 1.54) is 19.5 Å². The molecule has 1 unspecified atom stereocenters. The number of aromatic nitrogens is 1. The SMILES string of the molecule is O=C(N[C@@H]1C[C@H]2CCN(C2)C1)c1ccn2ccc(Cl)c2c1. The Hall–Kier alpha value is -1.52. The van der Waals surface area contributed by atoms with Gasteiger partial charge in [0, 0.05) is 37.1 Å². The van der Waals surface area contributed by atoms with Gasteiger partial charge in [-0.2, -0.15) is 0 Å². The van der Waals surface area contributed by atoms with Gasteiger partial charge in [0.2, 0.25) is 0 Å². The Bertz CT molecular complexity index is 684. The van der Waals surface area contributed by atoms with E-state index in [0.29, 0.717) is 10.6 Å². The fourth-order valence-electron chi connectivity index (χ4n) is 3.64. The lowest BCUT2D eigenvalue weighted by atomic mass is 9.96. The number of nitrogens with zero attached hydrogens (tertiary/aromatic N) is 2. The van der Waals surface area contributed by atoms with E-state index in [1.54, 1.807) is 0 Å². The molecule has 2 aromatic heterocycles. The number of pyridine rings is 1. The highest BCUT2D eigenvalue weighted by Crippen LogP contribution is 2.27. The quantitative estimate of drug-likeness (QED) is 0.925. The molecule has 4 rings (SSSR count). The van der Waals surface area contributed by atoms with Crippen LogP contribution < -0.4 is 5.32 Å². The third kappa shape index (κ3) is 2.43. The molecule has 0 aromatic carbocycles. The molecule has 110 valence electrons. The van der Waals surface area contributed by atoms with Gasteiger partial charge < -0.3 is 14.6 Å². The number of hydrogen-bond donors (Lipinski definition) is 1. The second kappa shape index (κ2) is 5.04. The summed E-state index contributed by atoms with van der Waals surface area (Å²) in [6, 6.07) is 5.81. The largest absolute Gasteiger partial charge is 0.348 e. The molecule has 4 heterocycles. The monoisotopic (exact) mass is 303 g/mol. The summed E-state index contributed by atoms with van der Waals surface area (Å²) in [6.07, 6.45) is 6.16. The Morgan fingerprint density at radius 2 is 2.14 bits per heavy atom. The zero-order chi connectivity index (χ0) is 14.4. The van der Waals surface area contributed by atoms with Crippen molar-refractivity contribution in [3.63, 3.8) is 0 Å². The molecule has 0 saturated carbocycles. The van der Waals surface area contributed by atoms with Crippen molar-refractivity contribution in [3.05, 3.63) is 41.2 Å². The molecule has 0 spiro atoms. The number of amides is 1. The highest BCUT2D eigenvalue weighted by atomic mass is 35.5. The van der Waals surface area contributed by atoms with Crippen LogP contribution in [0, 0.1) is 5.92 Å². The van der Waals surface area contributed by atoms with E-state index >= 15 is 0 Å². The van der Waals surface area contributed by atoms with Crippen LogP contribution in [0.1, 0.15) is 23.2 Å². The number of piperidine rings is 1. The maximum absolute atomic E-state index is 12.4. The minimum absolute atomic E-state index is 0.00210. The molecule has 4 nitrogen and oxygen atoms in total. The van der Waals surface area contributed by atoms with Gasteiger partial charge in [-0.3, -0.25) is 4.79 Å². The van der Waals surface area contributed by atoms with Crippen molar-refractivity contribution in [3.8, 4) is 0 Å². The van der Waals surface area contributed by atoms with E-state index in [1.807, 2.05) is 35.0 Å². The van der Waals surface area contributed by atoms with Crippen molar-refractivity contribution in [1.82, 2.24) is 14.6 Å². The Kier molecular flexibility index (Phi) is 3.16. The van der Waals surface area contributed by atoms with Gasteiger partial charge in [-0.1, -0.05) is 11.6 Å². The van der Waals surface area contributed by atoms with Gasteiger partial charge in [0.15, 0.2) is 0 Å². The molecule has 2 aliphatic heterocycles. The van der Waals surface area contributed by atoms with Crippen LogP contribution >= 0.6 is 11.6 Å². The molecule has 2 saturated heterocycles. The molecular formula is C16H18ClN3O. The van der Waals surface area contributed by atoms with Crippen LogP contribution in [0.4, 0.5) is 0 Å². The van der Waals surface area contributed by atoms with E-state index in [2.05, 4.69) is 10.2 Å². The first-order valence-electron chi connectivity index (χ1n) is 7.48. The molecule has 2 bridgehead atoms. The molecule has 2 aromatic rings. The van der Waals surface area contributed by atoms with E-state index in [0.717, 1.165) is 24.4 Å². The van der Waals surface area contributed by atoms with Crippen molar-refractivity contribution >= 4 is 23.0 Å². The van der Waals surface area contributed by atoms with Crippen LogP contribution in [-0.2, 0) is 0 Å². The predicted octanol–water partition coefficient (Wildman–Crippen LogP) is 2.42. The van der Waals surface area contributed by atoms with Gasteiger partial charge in [0.25, 0.3) is 5.91 Å². The average molecular weight is 304 g/mol. The minimum atomic E-state index is 0.00210. The summed E-state index contributed by atoms with van der Waals surface area (Å²) in [6.45, 7) is 3.37. The van der Waals surface area contributed by atoms with Gasteiger partial charge in [-0.25, -0.2) is 0 Å².